The number of carboxylic acids is 1. The van der Waals surface area contributed by atoms with Gasteiger partial charge < -0.3 is 10.4 Å². The lowest BCUT2D eigenvalue weighted by atomic mass is 9.79. The molecule has 0 aliphatic heterocycles. The van der Waals surface area contributed by atoms with Crippen molar-refractivity contribution < 1.29 is 14.7 Å². The van der Waals surface area contributed by atoms with E-state index in [-0.39, 0.29) is 5.91 Å². The molecule has 0 bridgehead atoms. The number of rotatable bonds is 3. The molecule has 6 nitrogen and oxygen atoms in total. The largest absolute Gasteiger partial charge is 0.481 e. The van der Waals surface area contributed by atoms with Crippen LogP contribution in [0.15, 0.2) is 6.20 Å². The van der Waals surface area contributed by atoms with Crippen LogP contribution in [-0.2, 0) is 9.59 Å². The second kappa shape index (κ2) is 5.22. The predicted octanol–water partition coefficient (Wildman–Crippen LogP) is 1.37. The van der Waals surface area contributed by atoms with Crippen LogP contribution in [0.25, 0.3) is 0 Å². The summed E-state index contributed by atoms with van der Waals surface area (Å²) in [6, 6.07) is 0. The molecule has 0 radical (unpaired) electrons. The molecule has 2 unspecified atom stereocenters. The average Bonchev–Trinajstić information content (AvgIpc) is 2.81. The molecule has 0 saturated heterocycles. The summed E-state index contributed by atoms with van der Waals surface area (Å²) in [4.78, 5) is 23.0. The first-order chi connectivity index (χ1) is 8.18. The van der Waals surface area contributed by atoms with Gasteiger partial charge in [0, 0.05) is 11.5 Å². The highest BCUT2D eigenvalue weighted by Gasteiger charge is 2.35. The number of nitrogens with zero attached hydrogens (tertiary/aromatic N) is 2. The predicted molar refractivity (Wildman–Crippen MR) is 61.6 cm³/mol. The van der Waals surface area contributed by atoms with E-state index in [4.69, 9.17) is 5.11 Å². The van der Waals surface area contributed by atoms with Crippen LogP contribution in [0.1, 0.15) is 25.7 Å². The van der Waals surface area contributed by atoms with E-state index in [1.54, 1.807) is 0 Å². The number of carboxylic acid groups (broad SMARTS) is 1. The van der Waals surface area contributed by atoms with Crippen LogP contribution in [0.4, 0.5) is 5.00 Å². The standard InChI is InChI=1S/C10H13N3O3S/c14-9(12-8-5-11-13-17-8)6-3-1-2-4-7(6)10(15)16/h5-7H,1-4H2,(H,12,14)(H,15,16). The number of aromatic nitrogens is 2. The van der Waals surface area contributed by atoms with E-state index in [1.807, 2.05) is 0 Å². The molecule has 0 aromatic carbocycles. The number of hydrogen-bond donors (Lipinski definition) is 2. The minimum atomic E-state index is -0.882. The number of nitrogens with one attached hydrogen (secondary N) is 1. The van der Waals surface area contributed by atoms with Crippen LogP contribution in [0, 0.1) is 11.8 Å². The normalized spacial score (nSPS) is 24.2. The molecule has 1 amide bonds. The molecule has 92 valence electrons. The van der Waals surface area contributed by atoms with Crippen molar-refractivity contribution in [3.63, 3.8) is 0 Å². The second-order valence-electron chi connectivity index (χ2n) is 4.11. The Morgan fingerprint density at radius 1 is 1.35 bits per heavy atom. The van der Waals surface area contributed by atoms with Crippen LogP contribution in [0.2, 0.25) is 0 Å². The lowest BCUT2D eigenvalue weighted by Crippen LogP contribution is -2.35. The molecular formula is C10H13N3O3S. The summed E-state index contributed by atoms with van der Waals surface area (Å²) in [5.41, 5.74) is 0. The SMILES string of the molecule is O=C(O)C1CCCCC1C(=O)Nc1cnns1. The van der Waals surface area contributed by atoms with Crippen LogP contribution >= 0.6 is 11.5 Å². The summed E-state index contributed by atoms with van der Waals surface area (Å²) >= 11 is 1.08. The maximum Gasteiger partial charge on any atom is 0.307 e. The minimum Gasteiger partial charge on any atom is -0.481 e. The quantitative estimate of drug-likeness (QED) is 0.851. The van der Waals surface area contributed by atoms with Crippen molar-refractivity contribution in [2.45, 2.75) is 25.7 Å². The van der Waals surface area contributed by atoms with Gasteiger partial charge in [0.05, 0.1) is 18.0 Å². The summed E-state index contributed by atoms with van der Waals surface area (Å²) in [5, 5.41) is 15.9. The Kier molecular flexibility index (Phi) is 3.68. The van der Waals surface area contributed by atoms with E-state index in [0.29, 0.717) is 17.8 Å². The van der Waals surface area contributed by atoms with E-state index in [9.17, 15) is 9.59 Å². The monoisotopic (exact) mass is 255 g/mol. The first-order valence-electron chi connectivity index (χ1n) is 5.49. The summed E-state index contributed by atoms with van der Waals surface area (Å²) in [5.74, 6) is -2.12. The molecule has 1 fully saturated rings. The zero-order chi connectivity index (χ0) is 12.3. The van der Waals surface area contributed by atoms with E-state index in [1.165, 1.54) is 6.20 Å². The van der Waals surface area contributed by atoms with Crippen LogP contribution in [0.5, 0.6) is 0 Å². The lowest BCUT2D eigenvalue weighted by Gasteiger charge is -2.26. The van der Waals surface area contributed by atoms with Gasteiger partial charge in [-0.1, -0.05) is 17.3 Å². The van der Waals surface area contributed by atoms with Gasteiger partial charge in [-0.2, -0.15) is 0 Å². The lowest BCUT2D eigenvalue weighted by molar-refractivity contribution is -0.147. The van der Waals surface area contributed by atoms with E-state index in [2.05, 4.69) is 14.9 Å². The maximum absolute atomic E-state index is 12.0. The number of anilines is 1. The van der Waals surface area contributed by atoms with E-state index >= 15 is 0 Å². The van der Waals surface area contributed by atoms with Crippen molar-refractivity contribution in [3.05, 3.63) is 6.20 Å². The van der Waals surface area contributed by atoms with Gasteiger partial charge in [0.2, 0.25) is 5.91 Å². The van der Waals surface area contributed by atoms with Crippen LogP contribution in [-0.4, -0.2) is 26.6 Å². The molecule has 17 heavy (non-hydrogen) atoms. The molecule has 0 spiro atoms. The van der Waals surface area contributed by atoms with Crippen molar-refractivity contribution in [2.75, 3.05) is 5.32 Å². The van der Waals surface area contributed by atoms with Gasteiger partial charge in [-0.25, -0.2) is 0 Å². The highest BCUT2D eigenvalue weighted by molar-refractivity contribution is 7.10. The Labute approximate surface area is 102 Å². The minimum absolute atomic E-state index is 0.233. The van der Waals surface area contributed by atoms with Crippen LogP contribution in [0.3, 0.4) is 0 Å². The fourth-order valence-corrected chi connectivity index (χ4v) is 2.60. The zero-order valence-electron chi connectivity index (χ0n) is 9.13. The summed E-state index contributed by atoms with van der Waals surface area (Å²) in [6.07, 6.45) is 4.45. The molecule has 1 aliphatic rings. The van der Waals surface area contributed by atoms with Crippen molar-refractivity contribution in [2.24, 2.45) is 11.8 Å². The Hall–Kier alpha value is -1.50. The second-order valence-corrected chi connectivity index (χ2v) is 4.89. The van der Waals surface area contributed by atoms with Gasteiger partial charge in [-0.3, -0.25) is 9.59 Å². The van der Waals surface area contributed by atoms with Crippen LogP contribution < -0.4 is 5.32 Å². The zero-order valence-corrected chi connectivity index (χ0v) is 9.94. The van der Waals surface area contributed by atoms with Gasteiger partial charge in [-0.05, 0) is 12.8 Å². The van der Waals surface area contributed by atoms with Gasteiger partial charge in [0.1, 0.15) is 5.00 Å². The van der Waals surface area contributed by atoms with Crippen molar-refractivity contribution >= 4 is 28.4 Å². The highest BCUT2D eigenvalue weighted by Crippen LogP contribution is 2.31. The molecule has 1 aromatic heterocycles. The number of carbonyl (C=O) groups excluding carboxylic acids is 1. The molecule has 7 heteroatoms. The Balaban J connectivity index is 2.03. The van der Waals surface area contributed by atoms with Gasteiger partial charge in [-0.15, -0.1) is 5.10 Å². The third-order valence-electron chi connectivity index (χ3n) is 3.03. The smallest absolute Gasteiger partial charge is 0.307 e. The van der Waals surface area contributed by atoms with Gasteiger partial charge >= 0.3 is 5.97 Å². The van der Waals surface area contributed by atoms with Gasteiger partial charge in [0.15, 0.2) is 0 Å². The number of aliphatic carboxylic acids is 1. The Morgan fingerprint density at radius 2 is 2.06 bits per heavy atom. The molecule has 1 heterocycles. The molecule has 1 aliphatic carbocycles. The molecule has 2 N–H and O–H groups in total. The van der Waals surface area contributed by atoms with Crippen molar-refractivity contribution in [3.8, 4) is 0 Å². The summed E-state index contributed by atoms with van der Waals surface area (Å²) in [6.45, 7) is 0. The highest BCUT2D eigenvalue weighted by atomic mass is 32.1. The fraction of sp³-hybridized carbons (Fsp3) is 0.600. The molecule has 1 saturated carbocycles. The third kappa shape index (κ3) is 2.79. The molecule has 2 atom stereocenters. The van der Waals surface area contributed by atoms with E-state index < -0.39 is 17.8 Å². The summed E-state index contributed by atoms with van der Waals surface area (Å²) in [7, 11) is 0. The number of amides is 1. The number of hydrogen-bond acceptors (Lipinski definition) is 5. The Morgan fingerprint density at radius 3 is 2.65 bits per heavy atom. The fourth-order valence-electron chi connectivity index (χ4n) is 2.18. The first-order valence-corrected chi connectivity index (χ1v) is 6.27. The van der Waals surface area contributed by atoms with Crippen molar-refractivity contribution in [1.82, 2.24) is 9.59 Å². The topological polar surface area (TPSA) is 92.2 Å². The average molecular weight is 255 g/mol. The maximum atomic E-state index is 12.0. The van der Waals surface area contributed by atoms with Gasteiger partial charge in [0.25, 0.3) is 0 Å². The molecular weight excluding hydrogens is 242 g/mol. The van der Waals surface area contributed by atoms with E-state index in [0.717, 1.165) is 24.4 Å². The first kappa shape index (κ1) is 12.0. The Bertz CT molecular complexity index is 407. The molecule has 1 aromatic rings. The van der Waals surface area contributed by atoms with Crippen molar-refractivity contribution in [1.29, 1.82) is 0 Å². The molecule has 2 rings (SSSR count). The summed E-state index contributed by atoms with van der Waals surface area (Å²) < 4.78 is 3.64. The number of carbonyl (C=O) groups is 2. The third-order valence-corrected chi connectivity index (χ3v) is 3.61.